The van der Waals surface area contributed by atoms with Crippen LogP contribution in [0.3, 0.4) is 0 Å². The molecule has 1 unspecified atom stereocenters. The third-order valence-electron chi connectivity index (χ3n) is 9.20. The van der Waals surface area contributed by atoms with Gasteiger partial charge >= 0.3 is 5.97 Å². The van der Waals surface area contributed by atoms with Gasteiger partial charge in [0.2, 0.25) is 0 Å². The summed E-state index contributed by atoms with van der Waals surface area (Å²) < 4.78 is 17.3. The Kier molecular flexibility index (Phi) is 5.76. The molecule has 4 rings (SSSR count). The Hall–Kier alpha value is -1.55. The molecule has 0 aromatic carbocycles. The normalized spacial score (nSPS) is 48.5. The van der Waals surface area contributed by atoms with Crippen LogP contribution in [0.2, 0.25) is 0 Å². The van der Waals surface area contributed by atoms with E-state index < -0.39 is 69.6 Å². The monoisotopic (exact) mass is 482 g/mol. The molecule has 0 spiro atoms. The molecule has 3 saturated carbocycles. The van der Waals surface area contributed by atoms with Crippen LogP contribution in [0, 0.1) is 28.6 Å². The number of fused-ring (bicyclic) bond motifs is 5. The molecule has 0 amide bonds. The quantitative estimate of drug-likeness (QED) is 0.466. The van der Waals surface area contributed by atoms with Crippen LogP contribution in [0.15, 0.2) is 23.8 Å². The van der Waals surface area contributed by atoms with E-state index >= 15 is 4.39 Å². The molecule has 0 aliphatic heterocycles. The lowest BCUT2D eigenvalue weighted by atomic mass is 9.44. The summed E-state index contributed by atoms with van der Waals surface area (Å²) in [6, 6.07) is 0. The maximum absolute atomic E-state index is 17.3. The Morgan fingerprint density at radius 3 is 2.52 bits per heavy atom. The van der Waals surface area contributed by atoms with Crippen LogP contribution in [-0.4, -0.2) is 72.9 Å². The Balaban J connectivity index is 1.85. The van der Waals surface area contributed by atoms with E-state index in [9.17, 15) is 34.8 Å². The van der Waals surface area contributed by atoms with Gasteiger partial charge in [-0.3, -0.25) is 14.4 Å². The molecule has 0 saturated heterocycles. The standard InChI is InChI=1S/C24H31FO7S/c1-12-6-14-15-8-17(33-11-20(30)31)16-7-13(27)4-5-21(16,2)23(15,25)18(28)9-22(14,3)24(12,32)19(29)10-26/h4-5,7,12,14-15,17-18,26,28,32H,6,8-11H2,1-3H3,(H,30,31)/t12-,14+,15+,17?,18+,21+,22+,23+,24+/m1/s1. The number of Topliss-reactive ketones (excluding diaryl/α,β-unsaturated/α-hetero) is 1. The van der Waals surface area contributed by atoms with Crippen LogP contribution in [0.1, 0.15) is 40.0 Å². The third kappa shape index (κ3) is 3.01. The number of carbonyl (C=O) groups excluding carboxylic acids is 2. The molecule has 0 aromatic rings. The first-order valence-corrected chi connectivity index (χ1v) is 12.3. The van der Waals surface area contributed by atoms with Gasteiger partial charge in [-0.1, -0.05) is 19.9 Å². The Labute approximate surface area is 196 Å². The number of aliphatic hydroxyl groups is 3. The predicted octanol–water partition coefficient (Wildman–Crippen LogP) is 1.69. The number of thioether (sulfide) groups is 1. The number of halogens is 1. The van der Waals surface area contributed by atoms with Crippen LogP contribution in [0.4, 0.5) is 4.39 Å². The van der Waals surface area contributed by atoms with Crippen LogP contribution in [0.25, 0.3) is 0 Å². The fourth-order valence-corrected chi connectivity index (χ4v) is 8.78. The van der Waals surface area contributed by atoms with E-state index in [2.05, 4.69) is 0 Å². The first-order valence-electron chi connectivity index (χ1n) is 11.3. The summed E-state index contributed by atoms with van der Waals surface area (Å²) in [6.07, 6.45) is 2.93. The van der Waals surface area contributed by atoms with Crippen molar-refractivity contribution in [1.29, 1.82) is 0 Å². The molecule has 0 heterocycles. The Morgan fingerprint density at radius 1 is 1.24 bits per heavy atom. The lowest BCUT2D eigenvalue weighted by Gasteiger charge is -2.63. The maximum Gasteiger partial charge on any atom is 0.313 e. The van der Waals surface area contributed by atoms with Crippen molar-refractivity contribution in [2.75, 3.05) is 12.4 Å². The number of hydrogen-bond acceptors (Lipinski definition) is 7. The van der Waals surface area contributed by atoms with Gasteiger partial charge in [0, 0.05) is 22.0 Å². The fraction of sp³-hybridized carbons (Fsp3) is 0.708. The second kappa shape index (κ2) is 7.73. The maximum atomic E-state index is 17.3. The largest absolute Gasteiger partial charge is 0.481 e. The van der Waals surface area contributed by atoms with Crippen molar-refractivity contribution < 1.29 is 39.2 Å². The van der Waals surface area contributed by atoms with E-state index in [0.29, 0.717) is 12.0 Å². The van der Waals surface area contributed by atoms with Gasteiger partial charge in [-0.05, 0) is 55.7 Å². The van der Waals surface area contributed by atoms with Gasteiger partial charge in [-0.25, -0.2) is 4.39 Å². The summed E-state index contributed by atoms with van der Waals surface area (Å²) in [4.78, 5) is 36.2. The number of aliphatic hydroxyl groups excluding tert-OH is 2. The van der Waals surface area contributed by atoms with Crippen molar-refractivity contribution in [3.63, 3.8) is 0 Å². The van der Waals surface area contributed by atoms with Crippen molar-refractivity contribution in [3.8, 4) is 0 Å². The zero-order valence-corrected chi connectivity index (χ0v) is 19.8. The van der Waals surface area contributed by atoms with Gasteiger partial charge in [-0.2, -0.15) is 0 Å². The van der Waals surface area contributed by atoms with E-state index in [4.69, 9.17) is 0 Å². The van der Waals surface area contributed by atoms with Gasteiger partial charge in [-0.15, -0.1) is 11.8 Å². The first kappa shape index (κ1) is 24.6. The van der Waals surface area contributed by atoms with Crippen molar-refractivity contribution in [1.82, 2.24) is 0 Å². The number of hydrogen-bond donors (Lipinski definition) is 4. The van der Waals surface area contributed by atoms with E-state index in [-0.39, 0.29) is 24.4 Å². The number of allylic oxidation sites excluding steroid dienone is 3. The van der Waals surface area contributed by atoms with Crippen LogP contribution >= 0.6 is 11.8 Å². The van der Waals surface area contributed by atoms with Gasteiger partial charge in [0.15, 0.2) is 17.2 Å². The predicted molar refractivity (Wildman–Crippen MR) is 119 cm³/mol. The van der Waals surface area contributed by atoms with E-state index in [1.54, 1.807) is 20.8 Å². The lowest BCUT2D eigenvalue weighted by Crippen LogP contribution is -2.70. The molecule has 9 heteroatoms. The van der Waals surface area contributed by atoms with Crippen molar-refractivity contribution in [3.05, 3.63) is 23.8 Å². The number of aliphatic carboxylic acids is 1. The van der Waals surface area contributed by atoms with Crippen molar-refractivity contribution in [2.24, 2.45) is 28.6 Å². The average Bonchev–Trinajstić information content (AvgIpc) is 2.95. The number of rotatable bonds is 5. The first-order chi connectivity index (χ1) is 15.3. The second-order valence-corrected chi connectivity index (χ2v) is 11.8. The Morgan fingerprint density at radius 2 is 1.91 bits per heavy atom. The highest BCUT2D eigenvalue weighted by atomic mass is 32.2. The Bertz CT molecular complexity index is 964. The summed E-state index contributed by atoms with van der Waals surface area (Å²) in [5, 5.41) is 41.2. The molecule has 4 aliphatic rings. The van der Waals surface area contributed by atoms with Gasteiger partial charge in [0.1, 0.15) is 12.2 Å². The number of carboxylic acid groups (broad SMARTS) is 1. The zero-order valence-electron chi connectivity index (χ0n) is 19.0. The molecule has 182 valence electrons. The number of ketones is 2. The highest BCUT2D eigenvalue weighted by Gasteiger charge is 2.76. The third-order valence-corrected chi connectivity index (χ3v) is 10.5. The minimum atomic E-state index is -2.17. The molecular weight excluding hydrogens is 451 g/mol. The average molecular weight is 483 g/mol. The minimum absolute atomic E-state index is 0.171. The highest BCUT2D eigenvalue weighted by molar-refractivity contribution is 8.00. The summed E-state index contributed by atoms with van der Waals surface area (Å²) in [5.41, 5.74) is -6.12. The highest BCUT2D eigenvalue weighted by Crippen LogP contribution is 2.71. The van der Waals surface area contributed by atoms with Crippen LogP contribution in [0.5, 0.6) is 0 Å². The topological polar surface area (TPSA) is 132 Å². The SMILES string of the molecule is C[C@@H]1C[C@H]2[C@@H]3CC(SCC(=O)O)C4=CC(=O)C=C[C@]4(C)[C@@]3(F)[C@@H](O)C[C@]2(C)[C@@]1(O)C(=O)CO. The van der Waals surface area contributed by atoms with E-state index in [0.717, 1.165) is 11.8 Å². The van der Waals surface area contributed by atoms with Crippen LogP contribution in [-0.2, 0) is 14.4 Å². The number of carboxylic acids is 1. The summed E-state index contributed by atoms with van der Waals surface area (Å²) in [5.74, 6) is -4.13. The molecule has 3 fully saturated rings. The molecular formula is C24H31FO7S. The minimum Gasteiger partial charge on any atom is -0.481 e. The summed E-state index contributed by atoms with van der Waals surface area (Å²) >= 11 is 1.12. The van der Waals surface area contributed by atoms with E-state index in [1.165, 1.54) is 18.2 Å². The lowest BCUT2D eigenvalue weighted by molar-refractivity contribution is -0.219. The number of carbonyl (C=O) groups is 3. The van der Waals surface area contributed by atoms with Crippen molar-refractivity contribution >= 4 is 29.3 Å². The molecule has 9 atom stereocenters. The molecule has 7 nitrogen and oxygen atoms in total. The molecule has 33 heavy (non-hydrogen) atoms. The van der Waals surface area contributed by atoms with Gasteiger partial charge < -0.3 is 20.4 Å². The molecule has 0 aromatic heterocycles. The zero-order chi connectivity index (χ0) is 24.6. The molecule has 0 radical (unpaired) electrons. The summed E-state index contributed by atoms with van der Waals surface area (Å²) in [6.45, 7) is 4.18. The fourth-order valence-electron chi connectivity index (χ4n) is 7.60. The number of alkyl halides is 1. The van der Waals surface area contributed by atoms with Crippen molar-refractivity contribution in [2.45, 2.75) is 62.7 Å². The van der Waals surface area contributed by atoms with Gasteiger partial charge in [0.05, 0.1) is 11.9 Å². The van der Waals surface area contributed by atoms with E-state index in [1.807, 2.05) is 0 Å². The van der Waals surface area contributed by atoms with Crippen LogP contribution < -0.4 is 0 Å². The second-order valence-electron chi connectivity index (χ2n) is 10.6. The smallest absolute Gasteiger partial charge is 0.313 e. The van der Waals surface area contributed by atoms with Gasteiger partial charge in [0.25, 0.3) is 0 Å². The molecule has 4 aliphatic carbocycles. The molecule has 4 N–H and O–H groups in total. The molecule has 0 bridgehead atoms. The summed E-state index contributed by atoms with van der Waals surface area (Å²) in [7, 11) is 0.